The molecule has 2 amide bonds. The van der Waals surface area contributed by atoms with E-state index in [2.05, 4.69) is 79.1 Å². The minimum atomic E-state index is -0.0274. The molecule has 3 aliphatic carbocycles. The number of hydrogen-bond acceptors (Lipinski definition) is 2. The van der Waals surface area contributed by atoms with Gasteiger partial charge in [-0.1, -0.05) is 80.6 Å². The van der Waals surface area contributed by atoms with Gasteiger partial charge in [0.05, 0.1) is 6.04 Å². The molecule has 6 rings (SSSR count). The van der Waals surface area contributed by atoms with Gasteiger partial charge in [0, 0.05) is 17.4 Å². The fourth-order valence-corrected chi connectivity index (χ4v) is 8.82. The molecule has 0 aromatic heterocycles. The summed E-state index contributed by atoms with van der Waals surface area (Å²) in [6.07, 6.45) is 11.3. The van der Waals surface area contributed by atoms with Gasteiger partial charge in [0.2, 0.25) is 11.8 Å². The molecular formula is C33H40N2O2. The van der Waals surface area contributed by atoms with Crippen molar-refractivity contribution in [2.24, 2.45) is 34.5 Å². The fourth-order valence-electron chi connectivity index (χ4n) is 8.82. The fraction of sp³-hybridized carbons (Fsp3) is 0.515. The van der Waals surface area contributed by atoms with Crippen LogP contribution < -0.4 is 10.6 Å². The first kappa shape index (κ1) is 24.5. The second kappa shape index (κ2) is 9.45. The van der Waals surface area contributed by atoms with Crippen LogP contribution in [-0.4, -0.2) is 17.9 Å². The van der Waals surface area contributed by atoms with Crippen LogP contribution in [0.4, 0.5) is 0 Å². The molecule has 0 saturated heterocycles. The number of hydrogen-bond donors (Lipinski definition) is 2. The van der Waals surface area contributed by atoms with E-state index in [4.69, 9.17) is 0 Å². The van der Waals surface area contributed by atoms with Crippen LogP contribution in [-0.2, 0) is 16.0 Å². The van der Waals surface area contributed by atoms with E-state index in [0.717, 1.165) is 44.9 Å². The molecule has 2 aromatic carbocycles. The Hall–Kier alpha value is -2.88. The number of rotatable bonds is 5. The molecule has 1 heterocycles. The molecule has 0 spiro atoms. The van der Waals surface area contributed by atoms with Crippen LogP contribution in [0.5, 0.6) is 0 Å². The van der Waals surface area contributed by atoms with Crippen LogP contribution in [0.15, 0.2) is 72.8 Å². The van der Waals surface area contributed by atoms with Gasteiger partial charge in [-0.3, -0.25) is 9.59 Å². The Kier molecular flexibility index (Phi) is 6.25. The number of carbonyl (C=O) groups is 2. The van der Waals surface area contributed by atoms with E-state index in [1.165, 1.54) is 11.1 Å². The van der Waals surface area contributed by atoms with Gasteiger partial charge in [-0.2, -0.15) is 0 Å². The van der Waals surface area contributed by atoms with Gasteiger partial charge >= 0.3 is 0 Å². The maximum absolute atomic E-state index is 14.0. The summed E-state index contributed by atoms with van der Waals surface area (Å²) >= 11 is 0. The smallest absolute Gasteiger partial charge is 0.243 e. The van der Waals surface area contributed by atoms with Crippen LogP contribution in [0, 0.1) is 34.5 Å². The molecule has 8 atom stereocenters. The van der Waals surface area contributed by atoms with Gasteiger partial charge in [-0.05, 0) is 85.3 Å². The molecule has 0 radical (unpaired) electrons. The normalized spacial score (nSPS) is 37.0. The van der Waals surface area contributed by atoms with Gasteiger partial charge in [0.25, 0.3) is 0 Å². The van der Waals surface area contributed by atoms with Crippen LogP contribution in [0.25, 0.3) is 0 Å². The number of fused-ring (bicyclic) bond motifs is 5. The number of amides is 2. The number of benzene rings is 2. The van der Waals surface area contributed by atoms with E-state index in [1.54, 1.807) is 6.08 Å². The largest absolute Gasteiger partial charge is 0.349 e. The summed E-state index contributed by atoms with van der Waals surface area (Å²) in [6, 6.07) is 21.1. The van der Waals surface area contributed by atoms with Crippen molar-refractivity contribution < 1.29 is 9.59 Å². The molecule has 194 valence electrons. The lowest BCUT2D eigenvalue weighted by atomic mass is 9.48. The minimum Gasteiger partial charge on any atom is -0.349 e. The second-order valence-electron chi connectivity index (χ2n) is 12.6. The molecular weight excluding hydrogens is 456 g/mol. The SMILES string of the molecule is C[C@]12C=CC(=O)NC1CC[C@@H]1[C@H]2CC[C@]2(C)C(C(=O)N[C@@H](Cc3ccccc3)c3ccccc3)CC[C@@H]12. The number of nitrogens with one attached hydrogen (secondary N) is 2. The third-order valence-electron chi connectivity index (χ3n) is 10.8. The summed E-state index contributed by atoms with van der Waals surface area (Å²) in [4.78, 5) is 26.0. The average molecular weight is 497 g/mol. The average Bonchev–Trinajstić information content (AvgIpc) is 3.27. The van der Waals surface area contributed by atoms with Gasteiger partial charge in [-0.15, -0.1) is 0 Å². The maximum atomic E-state index is 14.0. The van der Waals surface area contributed by atoms with Gasteiger partial charge in [0.15, 0.2) is 0 Å². The molecule has 2 unspecified atom stereocenters. The predicted molar refractivity (Wildman–Crippen MR) is 146 cm³/mol. The third-order valence-corrected chi connectivity index (χ3v) is 10.8. The van der Waals surface area contributed by atoms with Crippen LogP contribution in [0.3, 0.4) is 0 Å². The zero-order valence-electron chi connectivity index (χ0n) is 22.2. The van der Waals surface area contributed by atoms with Crippen molar-refractivity contribution in [1.82, 2.24) is 10.6 Å². The minimum absolute atomic E-state index is 0.0274. The van der Waals surface area contributed by atoms with Gasteiger partial charge in [0.1, 0.15) is 0 Å². The summed E-state index contributed by atoms with van der Waals surface area (Å²) in [5, 5.41) is 6.77. The second-order valence-corrected chi connectivity index (χ2v) is 12.6. The van der Waals surface area contributed by atoms with Crippen LogP contribution in [0.1, 0.15) is 69.5 Å². The topological polar surface area (TPSA) is 58.2 Å². The molecule has 0 bridgehead atoms. The quantitative estimate of drug-likeness (QED) is 0.533. The highest BCUT2D eigenvalue weighted by atomic mass is 16.2. The van der Waals surface area contributed by atoms with Crippen molar-refractivity contribution in [3.63, 3.8) is 0 Å². The van der Waals surface area contributed by atoms with Crippen molar-refractivity contribution in [3.8, 4) is 0 Å². The maximum Gasteiger partial charge on any atom is 0.243 e. The van der Waals surface area contributed by atoms with Crippen molar-refractivity contribution in [2.75, 3.05) is 0 Å². The Morgan fingerprint density at radius 3 is 2.43 bits per heavy atom. The number of carbonyl (C=O) groups excluding carboxylic acids is 2. The molecule has 37 heavy (non-hydrogen) atoms. The molecule has 4 nitrogen and oxygen atoms in total. The van der Waals surface area contributed by atoms with E-state index in [1.807, 2.05) is 12.1 Å². The lowest BCUT2D eigenvalue weighted by Crippen LogP contribution is -2.59. The molecule has 2 aromatic rings. The summed E-state index contributed by atoms with van der Waals surface area (Å²) in [6.45, 7) is 4.77. The van der Waals surface area contributed by atoms with Crippen molar-refractivity contribution in [3.05, 3.63) is 83.9 Å². The Bertz CT molecular complexity index is 1180. The van der Waals surface area contributed by atoms with E-state index in [0.29, 0.717) is 17.8 Å². The van der Waals surface area contributed by atoms with Crippen molar-refractivity contribution in [2.45, 2.75) is 70.9 Å². The highest BCUT2D eigenvalue weighted by Crippen LogP contribution is 2.65. The molecule has 1 aliphatic heterocycles. The summed E-state index contributed by atoms with van der Waals surface area (Å²) in [7, 11) is 0. The monoisotopic (exact) mass is 496 g/mol. The van der Waals surface area contributed by atoms with Crippen molar-refractivity contribution >= 4 is 11.8 Å². The zero-order valence-corrected chi connectivity index (χ0v) is 22.2. The predicted octanol–water partition coefficient (Wildman–Crippen LogP) is 6.00. The van der Waals surface area contributed by atoms with E-state index >= 15 is 0 Å². The molecule has 4 aliphatic rings. The first-order chi connectivity index (χ1) is 17.9. The molecule has 3 saturated carbocycles. The Morgan fingerprint density at radius 2 is 1.68 bits per heavy atom. The Labute approximate surface area is 221 Å². The zero-order chi connectivity index (χ0) is 25.6. The van der Waals surface area contributed by atoms with Crippen LogP contribution in [0.2, 0.25) is 0 Å². The van der Waals surface area contributed by atoms with Crippen LogP contribution >= 0.6 is 0 Å². The molecule has 4 heteroatoms. The lowest BCUT2D eigenvalue weighted by Gasteiger charge is -2.58. The summed E-state index contributed by atoms with van der Waals surface area (Å²) < 4.78 is 0. The van der Waals surface area contributed by atoms with E-state index < -0.39 is 0 Å². The van der Waals surface area contributed by atoms with E-state index in [9.17, 15) is 9.59 Å². The lowest BCUT2D eigenvalue weighted by molar-refractivity contribution is -0.134. The Balaban J connectivity index is 1.22. The van der Waals surface area contributed by atoms with E-state index in [-0.39, 0.29) is 40.6 Å². The first-order valence-corrected chi connectivity index (χ1v) is 14.3. The van der Waals surface area contributed by atoms with Gasteiger partial charge < -0.3 is 10.6 Å². The highest BCUT2D eigenvalue weighted by Gasteiger charge is 2.60. The summed E-state index contributed by atoms with van der Waals surface area (Å²) in [5.41, 5.74) is 2.49. The first-order valence-electron chi connectivity index (χ1n) is 14.3. The van der Waals surface area contributed by atoms with Crippen molar-refractivity contribution in [1.29, 1.82) is 0 Å². The summed E-state index contributed by atoms with van der Waals surface area (Å²) in [5.74, 6) is 2.15. The molecule has 2 N–H and O–H groups in total. The molecule has 3 fully saturated rings. The Morgan fingerprint density at radius 1 is 0.946 bits per heavy atom. The standard InChI is InChI=1S/C33H40N2O2/c1-32-19-17-26-24(13-16-29-33(26,2)20-18-30(36)35-29)25(32)14-15-27(32)31(37)34-28(23-11-7-4-8-12-23)21-22-9-5-3-6-10-22/h3-12,18,20,24-29H,13-17,19,21H2,1-2H3,(H,34,37)(H,35,36)/t24-,25-,26+,27?,28-,29?,32-,33+/m0/s1. The highest BCUT2D eigenvalue weighted by molar-refractivity contribution is 5.89. The third kappa shape index (κ3) is 4.23. The van der Waals surface area contributed by atoms with Gasteiger partial charge in [-0.25, -0.2) is 0 Å².